The van der Waals surface area contributed by atoms with Crippen LogP contribution < -0.4 is 11.1 Å². The van der Waals surface area contributed by atoms with Crippen LogP contribution in [0.2, 0.25) is 0 Å². The van der Waals surface area contributed by atoms with Gasteiger partial charge in [0.2, 0.25) is 5.91 Å². The Balaban J connectivity index is 1.70. The van der Waals surface area contributed by atoms with Crippen LogP contribution in [0.5, 0.6) is 0 Å². The Morgan fingerprint density at radius 2 is 1.92 bits per heavy atom. The van der Waals surface area contributed by atoms with Crippen LogP contribution in [0.1, 0.15) is 27.2 Å². The maximum atomic E-state index is 12.7. The number of amides is 1. The van der Waals surface area contributed by atoms with Gasteiger partial charge in [0.1, 0.15) is 5.54 Å². The summed E-state index contributed by atoms with van der Waals surface area (Å²) in [5.74, 6) is 0.381. The molecule has 0 aliphatic heterocycles. The fourth-order valence-electron chi connectivity index (χ4n) is 3.19. The molecule has 25 heavy (non-hydrogen) atoms. The highest BCUT2D eigenvalue weighted by atomic mass is 16.5. The smallest absolute Gasteiger partial charge is 0.245 e. The molecule has 6 nitrogen and oxygen atoms in total. The van der Waals surface area contributed by atoms with Crippen molar-refractivity contribution in [3.63, 3.8) is 0 Å². The Morgan fingerprint density at radius 3 is 2.48 bits per heavy atom. The van der Waals surface area contributed by atoms with E-state index in [4.69, 9.17) is 10.5 Å². The highest BCUT2D eigenvalue weighted by Gasteiger charge is 2.62. The fraction of sp³-hybridized carbons (Fsp3) is 0.421. The first kappa shape index (κ1) is 17.5. The maximum Gasteiger partial charge on any atom is 0.245 e. The van der Waals surface area contributed by atoms with Gasteiger partial charge in [0, 0.05) is 24.0 Å². The van der Waals surface area contributed by atoms with Gasteiger partial charge in [0.15, 0.2) is 5.82 Å². The second-order valence-corrected chi connectivity index (χ2v) is 6.96. The van der Waals surface area contributed by atoms with Gasteiger partial charge in [-0.1, -0.05) is 44.2 Å². The summed E-state index contributed by atoms with van der Waals surface area (Å²) in [5, 5.41) is 2.84. The summed E-state index contributed by atoms with van der Waals surface area (Å²) in [7, 11) is 0. The van der Waals surface area contributed by atoms with Crippen molar-refractivity contribution in [3.05, 3.63) is 42.7 Å². The number of ether oxygens (including phenoxy) is 1. The third kappa shape index (κ3) is 3.03. The van der Waals surface area contributed by atoms with Crippen molar-refractivity contribution in [1.29, 1.82) is 0 Å². The minimum Gasteiger partial charge on any atom is -0.378 e. The molecule has 1 aromatic carbocycles. The van der Waals surface area contributed by atoms with E-state index >= 15 is 0 Å². The SMILES string of the molecule is CCOC1CC(N)(C(=O)Nc2cnc(-c3ccccc3)nc2)C1(C)C. The quantitative estimate of drug-likeness (QED) is 0.873. The summed E-state index contributed by atoms with van der Waals surface area (Å²) in [6.07, 6.45) is 3.69. The Morgan fingerprint density at radius 1 is 1.28 bits per heavy atom. The summed E-state index contributed by atoms with van der Waals surface area (Å²) in [6.45, 7) is 6.48. The third-order valence-corrected chi connectivity index (χ3v) is 5.18. The molecule has 0 radical (unpaired) electrons. The van der Waals surface area contributed by atoms with Gasteiger partial charge in [0.05, 0.1) is 24.2 Å². The average Bonchev–Trinajstić information content (AvgIpc) is 2.62. The number of carbonyl (C=O) groups is 1. The standard InChI is InChI=1S/C19H24N4O2/c1-4-25-15-10-19(20,18(15,2)3)17(24)23-14-11-21-16(22-12-14)13-8-6-5-7-9-13/h5-9,11-12,15H,4,10,20H2,1-3H3,(H,23,24). The van der Waals surface area contributed by atoms with E-state index in [0.717, 1.165) is 5.56 Å². The van der Waals surface area contributed by atoms with Crippen molar-refractivity contribution in [2.45, 2.75) is 38.8 Å². The lowest BCUT2D eigenvalue weighted by atomic mass is 9.54. The van der Waals surface area contributed by atoms with Crippen molar-refractivity contribution in [2.24, 2.45) is 11.1 Å². The molecule has 1 aliphatic rings. The molecule has 2 unspecified atom stereocenters. The number of aromatic nitrogens is 2. The number of anilines is 1. The number of benzene rings is 1. The Bertz CT molecular complexity index is 746. The predicted octanol–water partition coefficient (Wildman–Crippen LogP) is 2.61. The summed E-state index contributed by atoms with van der Waals surface area (Å²) in [6, 6.07) is 9.68. The van der Waals surface area contributed by atoms with Gasteiger partial charge in [-0.2, -0.15) is 0 Å². The van der Waals surface area contributed by atoms with E-state index in [9.17, 15) is 4.79 Å². The summed E-state index contributed by atoms with van der Waals surface area (Å²) >= 11 is 0. The summed E-state index contributed by atoms with van der Waals surface area (Å²) in [5.41, 5.74) is 6.44. The van der Waals surface area contributed by atoms with Crippen LogP contribution in [0.4, 0.5) is 5.69 Å². The number of rotatable bonds is 5. The minimum atomic E-state index is -0.967. The van der Waals surface area contributed by atoms with E-state index in [-0.39, 0.29) is 12.0 Å². The molecule has 2 atom stereocenters. The van der Waals surface area contributed by atoms with E-state index < -0.39 is 11.0 Å². The van der Waals surface area contributed by atoms with Gasteiger partial charge in [-0.25, -0.2) is 9.97 Å². The van der Waals surface area contributed by atoms with Crippen LogP contribution >= 0.6 is 0 Å². The van der Waals surface area contributed by atoms with Crippen LogP contribution in [0.3, 0.4) is 0 Å². The molecule has 1 fully saturated rings. The zero-order valence-corrected chi connectivity index (χ0v) is 14.8. The van der Waals surface area contributed by atoms with E-state index in [1.54, 1.807) is 12.4 Å². The van der Waals surface area contributed by atoms with Gasteiger partial charge < -0.3 is 15.8 Å². The second kappa shape index (κ2) is 6.54. The molecular weight excluding hydrogens is 316 g/mol. The molecule has 0 spiro atoms. The molecule has 1 aliphatic carbocycles. The third-order valence-electron chi connectivity index (χ3n) is 5.18. The van der Waals surface area contributed by atoms with E-state index in [0.29, 0.717) is 24.5 Å². The van der Waals surface area contributed by atoms with Gasteiger partial charge in [-0.05, 0) is 6.92 Å². The lowest BCUT2D eigenvalue weighted by molar-refractivity contribution is -0.166. The van der Waals surface area contributed by atoms with E-state index in [2.05, 4.69) is 15.3 Å². The molecule has 3 rings (SSSR count). The number of nitrogens with one attached hydrogen (secondary N) is 1. The number of nitrogens with zero attached hydrogens (tertiary/aromatic N) is 2. The molecule has 1 saturated carbocycles. The van der Waals surface area contributed by atoms with E-state index in [1.165, 1.54) is 0 Å². The second-order valence-electron chi connectivity index (χ2n) is 6.96. The number of hydrogen-bond donors (Lipinski definition) is 2. The zero-order valence-electron chi connectivity index (χ0n) is 14.8. The summed E-state index contributed by atoms with van der Waals surface area (Å²) < 4.78 is 5.67. The Hall–Kier alpha value is -2.31. The number of nitrogens with two attached hydrogens (primary N) is 1. The van der Waals surface area contributed by atoms with Crippen molar-refractivity contribution >= 4 is 11.6 Å². The Labute approximate surface area is 147 Å². The fourth-order valence-corrected chi connectivity index (χ4v) is 3.19. The van der Waals surface area contributed by atoms with Gasteiger partial charge in [0.25, 0.3) is 0 Å². The van der Waals surface area contributed by atoms with E-state index in [1.807, 2.05) is 51.1 Å². The molecule has 1 heterocycles. The topological polar surface area (TPSA) is 90.1 Å². The van der Waals surface area contributed by atoms with Crippen molar-refractivity contribution in [1.82, 2.24) is 9.97 Å². The van der Waals surface area contributed by atoms with Crippen molar-refractivity contribution in [3.8, 4) is 11.4 Å². The summed E-state index contributed by atoms with van der Waals surface area (Å²) in [4.78, 5) is 21.3. The van der Waals surface area contributed by atoms with Crippen LogP contribution in [-0.2, 0) is 9.53 Å². The largest absolute Gasteiger partial charge is 0.378 e. The normalized spacial score (nSPS) is 24.4. The molecule has 0 bridgehead atoms. The predicted molar refractivity (Wildman–Crippen MR) is 96.8 cm³/mol. The van der Waals surface area contributed by atoms with Crippen molar-refractivity contribution < 1.29 is 9.53 Å². The van der Waals surface area contributed by atoms with Crippen LogP contribution in [0, 0.1) is 5.41 Å². The van der Waals surface area contributed by atoms with Gasteiger partial charge in [-0.15, -0.1) is 0 Å². The maximum absolute atomic E-state index is 12.7. The molecule has 1 amide bonds. The molecule has 6 heteroatoms. The van der Waals surface area contributed by atoms with Crippen LogP contribution in [0.15, 0.2) is 42.7 Å². The van der Waals surface area contributed by atoms with Crippen molar-refractivity contribution in [2.75, 3.05) is 11.9 Å². The molecule has 132 valence electrons. The molecule has 3 N–H and O–H groups in total. The molecule has 1 aromatic heterocycles. The molecule has 0 saturated heterocycles. The molecular formula is C19H24N4O2. The van der Waals surface area contributed by atoms with Crippen LogP contribution in [-0.4, -0.2) is 34.1 Å². The first-order valence-corrected chi connectivity index (χ1v) is 8.48. The number of carbonyl (C=O) groups excluding carboxylic acids is 1. The average molecular weight is 340 g/mol. The number of hydrogen-bond acceptors (Lipinski definition) is 5. The highest BCUT2D eigenvalue weighted by molar-refractivity contribution is 5.99. The first-order valence-electron chi connectivity index (χ1n) is 8.48. The Kier molecular flexibility index (Phi) is 4.58. The lowest BCUT2D eigenvalue weighted by Crippen LogP contribution is -2.74. The van der Waals surface area contributed by atoms with Crippen LogP contribution in [0.25, 0.3) is 11.4 Å². The molecule has 2 aromatic rings. The first-order chi connectivity index (χ1) is 11.9. The van der Waals surface area contributed by atoms with Gasteiger partial charge >= 0.3 is 0 Å². The van der Waals surface area contributed by atoms with Gasteiger partial charge in [-0.3, -0.25) is 4.79 Å². The minimum absolute atomic E-state index is 0.00930. The monoisotopic (exact) mass is 340 g/mol. The highest BCUT2D eigenvalue weighted by Crippen LogP contribution is 2.50. The lowest BCUT2D eigenvalue weighted by Gasteiger charge is -2.57. The zero-order chi connectivity index (χ0) is 18.1.